The van der Waals surface area contributed by atoms with Crippen molar-refractivity contribution in [3.8, 4) is 0 Å². The lowest BCUT2D eigenvalue weighted by molar-refractivity contribution is -0.126. The average molecular weight is 366 g/mol. The first-order valence-corrected chi connectivity index (χ1v) is 11.9. The molecular formula is C18H31N3O3Si. The van der Waals surface area contributed by atoms with Gasteiger partial charge in [0.15, 0.2) is 0 Å². The van der Waals surface area contributed by atoms with E-state index in [1.807, 2.05) is 0 Å². The van der Waals surface area contributed by atoms with Gasteiger partial charge in [0, 0.05) is 25.9 Å². The van der Waals surface area contributed by atoms with Gasteiger partial charge < -0.3 is 14.8 Å². The fourth-order valence-corrected chi connectivity index (χ4v) is 2.99. The Kier molecular flexibility index (Phi) is 10.4. The molecule has 0 aliphatic carbocycles. The highest BCUT2D eigenvalue weighted by Gasteiger charge is 2.16. The predicted octanol–water partition coefficient (Wildman–Crippen LogP) is 2.63. The van der Waals surface area contributed by atoms with Gasteiger partial charge in [-0.3, -0.25) is 14.4 Å². The molecule has 25 heavy (non-hydrogen) atoms. The number of hydrogen-bond donors (Lipinski definition) is 1. The molecule has 0 radical (unpaired) electrons. The molecule has 0 aromatic heterocycles. The van der Waals surface area contributed by atoms with Crippen LogP contribution in [-0.2, 0) is 14.4 Å². The van der Waals surface area contributed by atoms with Crippen LogP contribution in [-0.4, -0.2) is 48.8 Å². The lowest BCUT2D eigenvalue weighted by Crippen LogP contribution is -2.44. The molecule has 0 saturated carbocycles. The van der Waals surface area contributed by atoms with Crippen molar-refractivity contribution < 1.29 is 14.4 Å². The van der Waals surface area contributed by atoms with Crippen molar-refractivity contribution in [1.82, 2.24) is 14.8 Å². The Morgan fingerprint density at radius 3 is 1.48 bits per heavy atom. The molecule has 6 nitrogen and oxygen atoms in total. The third-order valence-electron chi connectivity index (χ3n) is 3.34. The van der Waals surface area contributed by atoms with Crippen molar-refractivity contribution in [1.29, 1.82) is 0 Å². The van der Waals surface area contributed by atoms with Crippen molar-refractivity contribution in [2.75, 3.05) is 13.1 Å². The van der Waals surface area contributed by atoms with Crippen LogP contribution in [0.4, 0.5) is 0 Å². The maximum atomic E-state index is 10.7. The molecule has 0 aromatic rings. The second-order valence-electron chi connectivity index (χ2n) is 6.69. The van der Waals surface area contributed by atoms with Gasteiger partial charge in [-0.25, -0.2) is 0 Å². The van der Waals surface area contributed by atoms with E-state index in [2.05, 4.69) is 44.4 Å². The van der Waals surface area contributed by atoms with Crippen LogP contribution in [0.3, 0.4) is 0 Å². The van der Waals surface area contributed by atoms with Crippen LogP contribution >= 0.6 is 0 Å². The quantitative estimate of drug-likeness (QED) is 0.615. The minimum absolute atomic E-state index is 0.0610. The molecule has 7 heteroatoms. The summed E-state index contributed by atoms with van der Waals surface area (Å²) in [7, 11) is -1.41. The molecule has 0 atom stereocenters. The van der Waals surface area contributed by atoms with Crippen LogP contribution in [0, 0.1) is 0 Å². The Labute approximate surface area is 152 Å². The number of carbonyl (C=O) groups is 3. The summed E-state index contributed by atoms with van der Waals surface area (Å²) in [5, 5.41) is 0. The molecule has 2 heterocycles. The molecule has 2 fully saturated rings. The van der Waals surface area contributed by atoms with Crippen molar-refractivity contribution in [2.24, 2.45) is 0 Å². The van der Waals surface area contributed by atoms with Crippen LogP contribution in [0.25, 0.3) is 0 Å². The minimum Gasteiger partial charge on any atom is -0.379 e. The molecule has 0 bridgehead atoms. The summed E-state index contributed by atoms with van der Waals surface area (Å²) in [5.41, 5.74) is 0. The Hall–Kier alpha value is -2.15. The average Bonchev–Trinajstić information content (AvgIpc) is 3.14. The summed E-state index contributed by atoms with van der Waals surface area (Å²) in [6.07, 6.45) is 7.87. The lowest BCUT2D eigenvalue weighted by Gasteiger charge is -2.15. The normalized spacial score (nSPS) is 16.3. The number of carbonyl (C=O) groups excluding carboxylic acids is 3. The van der Waals surface area contributed by atoms with Crippen LogP contribution in [0.5, 0.6) is 0 Å². The van der Waals surface area contributed by atoms with Gasteiger partial charge in [0.1, 0.15) is 8.24 Å². The largest absolute Gasteiger partial charge is 0.379 e. The van der Waals surface area contributed by atoms with Gasteiger partial charge in [-0.1, -0.05) is 39.4 Å². The molecule has 0 unspecified atom stereocenters. The smallest absolute Gasteiger partial charge is 0.235 e. The van der Waals surface area contributed by atoms with E-state index in [0.717, 1.165) is 25.9 Å². The third-order valence-corrected chi connectivity index (χ3v) is 4.34. The van der Waals surface area contributed by atoms with Crippen molar-refractivity contribution >= 4 is 26.0 Å². The molecule has 2 rings (SSSR count). The maximum Gasteiger partial charge on any atom is 0.235 e. The monoisotopic (exact) mass is 365 g/mol. The molecule has 1 N–H and O–H groups in total. The maximum absolute atomic E-state index is 10.7. The third kappa shape index (κ3) is 10.3. The molecule has 0 aromatic carbocycles. The van der Waals surface area contributed by atoms with Crippen molar-refractivity contribution in [3.05, 3.63) is 38.2 Å². The van der Waals surface area contributed by atoms with Gasteiger partial charge in [-0.15, -0.1) is 0 Å². The predicted molar refractivity (Wildman–Crippen MR) is 104 cm³/mol. The fraction of sp³-hybridized carbons (Fsp3) is 0.500. The molecule has 2 aliphatic rings. The second-order valence-corrected chi connectivity index (χ2v) is 11.4. The number of rotatable bonds is 4. The minimum atomic E-state index is -1.41. The van der Waals surface area contributed by atoms with E-state index in [9.17, 15) is 14.4 Å². The van der Waals surface area contributed by atoms with Gasteiger partial charge in [0.2, 0.25) is 17.7 Å². The van der Waals surface area contributed by atoms with E-state index >= 15 is 0 Å². The number of nitrogens with zero attached hydrogens (tertiary/aromatic N) is 2. The first kappa shape index (κ1) is 22.8. The van der Waals surface area contributed by atoms with Crippen molar-refractivity contribution in [3.63, 3.8) is 0 Å². The molecule has 3 amide bonds. The summed E-state index contributed by atoms with van der Waals surface area (Å²) in [6, 6.07) is 0. The summed E-state index contributed by atoms with van der Waals surface area (Å²) >= 11 is 0. The van der Waals surface area contributed by atoms with E-state index in [0.29, 0.717) is 12.8 Å². The zero-order chi connectivity index (χ0) is 19.5. The van der Waals surface area contributed by atoms with E-state index in [-0.39, 0.29) is 17.7 Å². The number of amides is 3. The Morgan fingerprint density at radius 2 is 1.36 bits per heavy atom. The second kappa shape index (κ2) is 11.4. The van der Waals surface area contributed by atoms with Gasteiger partial charge in [0.25, 0.3) is 0 Å². The van der Waals surface area contributed by atoms with Crippen LogP contribution < -0.4 is 4.98 Å². The highest BCUT2D eigenvalue weighted by atomic mass is 28.3. The first-order chi connectivity index (χ1) is 11.6. The van der Waals surface area contributed by atoms with E-state index in [1.165, 1.54) is 6.08 Å². The number of hydrogen-bond acceptors (Lipinski definition) is 3. The van der Waals surface area contributed by atoms with Gasteiger partial charge >= 0.3 is 0 Å². The summed E-state index contributed by atoms with van der Waals surface area (Å²) in [6.45, 7) is 18.3. The van der Waals surface area contributed by atoms with E-state index < -0.39 is 8.24 Å². The van der Waals surface area contributed by atoms with E-state index in [1.54, 1.807) is 22.2 Å². The Balaban J connectivity index is 0.000000346. The van der Waals surface area contributed by atoms with Crippen LogP contribution in [0.2, 0.25) is 19.6 Å². The molecule has 140 valence electrons. The van der Waals surface area contributed by atoms with Gasteiger partial charge in [-0.2, -0.15) is 0 Å². The summed E-state index contributed by atoms with van der Waals surface area (Å²) < 4.78 is 0. The molecular weight excluding hydrogens is 334 g/mol. The van der Waals surface area contributed by atoms with Crippen LogP contribution in [0.15, 0.2) is 38.2 Å². The molecule has 0 spiro atoms. The zero-order valence-corrected chi connectivity index (χ0v) is 16.7. The number of nitrogens with one attached hydrogen (secondary N) is 1. The fourth-order valence-electron chi connectivity index (χ4n) is 2.14. The Bertz CT molecular complexity index is 482. The number of likely N-dealkylation sites (tertiary alicyclic amines) is 2. The molecule has 2 saturated heterocycles. The summed E-state index contributed by atoms with van der Waals surface area (Å²) in [5.74, 6) is 0.356. The SMILES string of the molecule is C=CC(=O)N[Si](C)(C)C.C=CN1CCCC1=O.C=CN1CCCC1=O. The van der Waals surface area contributed by atoms with Crippen molar-refractivity contribution in [2.45, 2.75) is 45.3 Å². The lowest BCUT2D eigenvalue weighted by atomic mass is 10.4. The van der Waals surface area contributed by atoms with Gasteiger partial charge in [-0.05, 0) is 31.3 Å². The highest BCUT2D eigenvalue weighted by molar-refractivity contribution is 6.75. The zero-order valence-electron chi connectivity index (χ0n) is 15.7. The first-order valence-electron chi connectivity index (χ1n) is 8.43. The molecule has 2 aliphatic heterocycles. The Morgan fingerprint density at radius 1 is 0.960 bits per heavy atom. The standard InChI is InChI=1S/C6H13NOSi.2C6H9NO/c1-5-6(8)7-9(2,3)4;2*1-2-7-5-3-4-6(7)8/h5H,1H2,2-4H3,(H,7,8);2*2H,1,3-5H2. The highest BCUT2D eigenvalue weighted by Crippen LogP contribution is 2.08. The van der Waals surface area contributed by atoms with Gasteiger partial charge in [0.05, 0.1) is 0 Å². The topological polar surface area (TPSA) is 69.7 Å². The van der Waals surface area contributed by atoms with Crippen LogP contribution in [0.1, 0.15) is 25.7 Å². The van der Waals surface area contributed by atoms with E-state index in [4.69, 9.17) is 0 Å². The summed E-state index contributed by atoms with van der Waals surface area (Å²) in [4.78, 5) is 38.1.